The molecule has 4 heterocycles. The number of hydrogen-bond donors (Lipinski definition) is 0. The average molecular weight is 370 g/mol. The van der Waals surface area contributed by atoms with Gasteiger partial charge in [-0.3, -0.25) is 14.6 Å². The van der Waals surface area contributed by atoms with Crippen molar-refractivity contribution in [2.24, 2.45) is 0 Å². The maximum atomic E-state index is 13.0. The third-order valence-corrected chi connectivity index (χ3v) is 6.16. The molecule has 1 aliphatic heterocycles. The van der Waals surface area contributed by atoms with Gasteiger partial charge in [-0.2, -0.15) is 0 Å². The normalized spacial score (nSPS) is 14.6. The van der Waals surface area contributed by atoms with Gasteiger partial charge in [-0.1, -0.05) is 0 Å². The number of rotatable bonds is 5. The molecule has 0 fully saturated rings. The number of carbonyl (C=O) groups excluding carboxylic acids is 1. The van der Waals surface area contributed by atoms with Gasteiger partial charge in [-0.15, -0.1) is 11.3 Å². The first-order chi connectivity index (χ1) is 12.6. The summed E-state index contributed by atoms with van der Waals surface area (Å²) in [5.74, 6) is 0.316. The third kappa shape index (κ3) is 3.20. The Labute approximate surface area is 156 Å². The molecular weight excluding hydrogens is 348 g/mol. The van der Waals surface area contributed by atoms with Crippen LogP contribution in [0.5, 0.6) is 0 Å². The Bertz CT molecular complexity index is 883. The molecule has 0 aliphatic carbocycles. The molecule has 26 heavy (non-hydrogen) atoms. The number of fused-ring (bicyclic) bond motifs is 1. The van der Waals surface area contributed by atoms with Crippen LogP contribution in [0.1, 0.15) is 33.0 Å². The van der Waals surface area contributed by atoms with E-state index in [2.05, 4.69) is 28.3 Å². The van der Waals surface area contributed by atoms with E-state index in [4.69, 9.17) is 4.42 Å². The summed E-state index contributed by atoms with van der Waals surface area (Å²) in [7, 11) is 0. The van der Waals surface area contributed by atoms with E-state index in [1.165, 1.54) is 16.0 Å². The smallest absolute Gasteiger partial charge is 0.295 e. The lowest BCUT2D eigenvalue weighted by molar-refractivity contribution is 0.0931. The van der Waals surface area contributed by atoms with Crippen molar-refractivity contribution >= 4 is 22.2 Å². The van der Waals surface area contributed by atoms with Gasteiger partial charge in [0.2, 0.25) is 0 Å². The van der Waals surface area contributed by atoms with Crippen LogP contribution < -0.4 is 4.90 Å². The van der Waals surface area contributed by atoms with Crippen molar-refractivity contribution in [2.75, 3.05) is 18.1 Å². The molecule has 0 spiro atoms. The molecule has 0 unspecified atom stereocenters. The number of hydrogen-bond acceptors (Lipinski definition) is 5. The van der Waals surface area contributed by atoms with Gasteiger partial charge in [0.25, 0.3) is 5.91 Å². The Morgan fingerprint density at radius 1 is 1.35 bits per heavy atom. The summed E-state index contributed by atoms with van der Waals surface area (Å²) >= 11 is 1.70. The van der Waals surface area contributed by atoms with Crippen molar-refractivity contribution in [1.29, 1.82) is 0 Å². The fraction of sp³-hybridized carbons (Fsp3) is 0.368. The molecule has 1 amide bonds. The first kappa shape index (κ1) is 17.1. The molecule has 0 saturated heterocycles. The summed E-state index contributed by atoms with van der Waals surface area (Å²) < 4.78 is 7.44. The average Bonchev–Trinajstić information content (AvgIpc) is 3.38. The zero-order chi connectivity index (χ0) is 18.1. The van der Waals surface area contributed by atoms with Crippen LogP contribution in [-0.4, -0.2) is 33.6 Å². The number of furan rings is 1. The van der Waals surface area contributed by atoms with Gasteiger partial charge in [0.1, 0.15) is 5.00 Å². The highest BCUT2D eigenvalue weighted by atomic mass is 32.1. The molecule has 0 radical (unpaired) electrons. The van der Waals surface area contributed by atoms with E-state index in [-0.39, 0.29) is 5.91 Å². The van der Waals surface area contributed by atoms with Crippen molar-refractivity contribution in [3.8, 4) is 0 Å². The molecule has 136 valence electrons. The quantitative estimate of drug-likeness (QED) is 0.688. The van der Waals surface area contributed by atoms with E-state index in [0.29, 0.717) is 12.4 Å². The molecule has 3 aromatic heterocycles. The minimum Gasteiger partial charge on any atom is -0.459 e. The van der Waals surface area contributed by atoms with Crippen molar-refractivity contribution < 1.29 is 9.21 Å². The lowest BCUT2D eigenvalue weighted by Gasteiger charge is -2.35. The second-order valence-electron chi connectivity index (χ2n) is 6.63. The molecular formula is C19H22N4O2S. The standard InChI is InChI=1S/C19H22N4O2S/c1-14-15(2)26-19-16(14)11-22(8-4-7-21-9-6-20-12-21)13-23(19)18(24)17-5-3-10-25-17/h3,5-6,9-10,12H,4,7-8,11,13H2,1-2H3. The SMILES string of the molecule is Cc1sc2c(c1C)CN(CCCn1ccnc1)CN2C(=O)c1ccco1. The zero-order valence-electron chi connectivity index (χ0n) is 15.0. The molecule has 0 bridgehead atoms. The number of nitrogens with zero attached hydrogens (tertiary/aromatic N) is 4. The first-order valence-electron chi connectivity index (χ1n) is 8.76. The van der Waals surface area contributed by atoms with Gasteiger partial charge in [-0.25, -0.2) is 4.98 Å². The largest absolute Gasteiger partial charge is 0.459 e. The van der Waals surface area contributed by atoms with Crippen LogP contribution in [0.15, 0.2) is 41.5 Å². The molecule has 0 aromatic carbocycles. The van der Waals surface area contributed by atoms with E-state index in [9.17, 15) is 4.79 Å². The van der Waals surface area contributed by atoms with Gasteiger partial charge in [0.15, 0.2) is 5.76 Å². The van der Waals surface area contributed by atoms with E-state index in [1.54, 1.807) is 35.9 Å². The number of aromatic nitrogens is 2. The fourth-order valence-electron chi connectivity index (χ4n) is 3.33. The topological polar surface area (TPSA) is 54.5 Å². The first-order valence-corrected chi connectivity index (χ1v) is 9.57. The number of imidazole rings is 1. The maximum absolute atomic E-state index is 13.0. The van der Waals surface area contributed by atoms with Crippen LogP contribution in [-0.2, 0) is 13.1 Å². The monoisotopic (exact) mass is 370 g/mol. The summed E-state index contributed by atoms with van der Waals surface area (Å²) in [5, 5.41) is 1.06. The summed E-state index contributed by atoms with van der Waals surface area (Å²) in [6, 6.07) is 3.49. The molecule has 3 aromatic rings. The van der Waals surface area contributed by atoms with Gasteiger partial charge in [-0.05, 0) is 38.0 Å². The highest BCUT2D eigenvalue weighted by molar-refractivity contribution is 7.16. The predicted octanol–water partition coefficient (Wildman–Crippen LogP) is 3.66. The van der Waals surface area contributed by atoms with Gasteiger partial charge < -0.3 is 8.98 Å². The Morgan fingerprint density at radius 2 is 2.23 bits per heavy atom. The summed E-state index contributed by atoms with van der Waals surface area (Å²) in [4.78, 5) is 22.5. The molecule has 4 rings (SSSR count). The van der Waals surface area contributed by atoms with Gasteiger partial charge >= 0.3 is 0 Å². The lowest BCUT2D eigenvalue weighted by atomic mass is 10.1. The number of anilines is 1. The van der Waals surface area contributed by atoms with E-state index < -0.39 is 0 Å². The Morgan fingerprint density at radius 3 is 2.96 bits per heavy atom. The maximum Gasteiger partial charge on any atom is 0.295 e. The predicted molar refractivity (Wildman–Crippen MR) is 101 cm³/mol. The summed E-state index contributed by atoms with van der Waals surface area (Å²) in [6.45, 7) is 7.60. The van der Waals surface area contributed by atoms with E-state index in [1.807, 2.05) is 17.4 Å². The number of thiophene rings is 1. The number of aryl methyl sites for hydroxylation is 2. The second-order valence-corrected chi connectivity index (χ2v) is 7.83. The Balaban J connectivity index is 1.53. The van der Waals surface area contributed by atoms with E-state index in [0.717, 1.165) is 31.1 Å². The molecule has 0 N–H and O–H groups in total. The highest BCUT2D eigenvalue weighted by Crippen LogP contribution is 2.39. The van der Waals surface area contributed by atoms with Crippen molar-refractivity contribution in [3.05, 3.63) is 58.9 Å². The number of amides is 1. The van der Waals surface area contributed by atoms with Crippen molar-refractivity contribution in [3.63, 3.8) is 0 Å². The van der Waals surface area contributed by atoms with Crippen LogP contribution in [0.3, 0.4) is 0 Å². The van der Waals surface area contributed by atoms with Crippen LogP contribution in [0, 0.1) is 13.8 Å². The molecule has 0 atom stereocenters. The third-order valence-electron chi connectivity index (χ3n) is 4.88. The van der Waals surface area contributed by atoms with Crippen LogP contribution >= 0.6 is 11.3 Å². The minimum atomic E-state index is -0.0724. The van der Waals surface area contributed by atoms with Gasteiger partial charge in [0, 0.05) is 42.5 Å². The van der Waals surface area contributed by atoms with Crippen molar-refractivity contribution in [2.45, 2.75) is 33.4 Å². The minimum absolute atomic E-state index is 0.0724. The van der Waals surface area contributed by atoms with Crippen LogP contribution in [0.25, 0.3) is 0 Å². The molecule has 1 aliphatic rings. The summed E-state index contributed by atoms with van der Waals surface area (Å²) in [6.07, 6.45) is 8.18. The van der Waals surface area contributed by atoms with Crippen molar-refractivity contribution in [1.82, 2.24) is 14.5 Å². The molecule has 6 nitrogen and oxygen atoms in total. The molecule has 0 saturated carbocycles. The summed E-state index contributed by atoms with van der Waals surface area (Å²) in [5.41, 5.74) is 2.56. The fourth-order valence-corrected chi connectivity index (χ4v) is 4.49. The van der Waals surface area contributed by atoms with Crippen LogP contribution in [0.2, 0.25) is 0 Å². The number of carbonyl (C=O) groups is 1. The zero-order valence-corrected chi connectivity index (χ0v) is 15.8. The van der Waals surface area contributed by atoms with Gasteiger partial charge in [0.05, 0.1) is 19.3 Å². The highest BCUT2D eigenvalue weighted by Gasteiger charge is 2.32. The van der Waals surface area contributed by atoms with Crippen LogP contribution in [0.4, 0.5) is 5.00 Å². The van der Waals surface area contributed by atoms with E-state index >= 15 is 0 Å². The Kier molecular flexibility index (Phi) is 4.65. The lowest BCUT2D eigenvalue weighted by Crippen LogP contribution is -2.45. The second kappa shape index (κ2) is 7.09. The Hall–Kier alpha value is -2.38. The molecule has 7 heteroatoms.